The number of aromatic nitrogens is 2. The lowest BCUT2D eigenvalue weighted by Crippen LogP contribution is -2.25. The number of carbonyl (C=O) groups is 1. The fourth-order valence-electron chi connectivity index (χ4n) is 3.22. The molecule has 0 aliphatic heterocycles. The monoisotopic (exact) mass is 378 g/mol. The zero-order chi connectivity index (χ0) is 19.7. The van der Waals surface area contributed by atoms with Crippen molar-refractivity contribution in [3.05, 3.63) is 74.8 Å². The van der Waals surface area contributed by atoms with Gasteiger partial charge in [0, 0.05) is 36.7 Å². The molecule has 1 aliphatic carbocycles. The molecular formula is C20H18N4O4. The number of rotatable bonds is 6. The molecule has 2 aromatic carbocycles. The van der Waals surface area contributed by atoms with Crippen molar-refractivity contribution >= 4 is 28.2 Å². The van der Waals surface area contributed by atoms with Gasteiger partial charge in [-0.15, -0.1) is 0 Å². The topological polar surface area (TPSA) is 107 Å². The number of aryl methyl sites for hydroxylation is 1. The van der Waals surface area contributed by atoms with Crippen molar-refractivity contribution in [2.24, 2.45) is 0 Å². The molecule has 1 aromatic heterocycles. The van der Waals surface area contributed by atoms with E-state index in [1.807, 2.05) is 12.1 Å². The summed E-state index contributed by atoms with van der Waals surface area (Å²) < 4.78 is 1.71. The molecule has 28 heavy (non-hydrogen) atoms. The van der Waals surface area contributed by atoms with Crippen LogP contribution in [-0.2, 0) is 11.2 Å². The second kappa shape index (κ2) is 7.22. The number of fused-ring (bicyclic) bond motifs is 1. The highest BCUT2D eigenvalue weighted by molar-refractivity contribution is 5.91. The molecule has 0 spiro atoms. The summed E-state index contributed by atoms with van der Waals surface area (Å²) in [6.45, 7) is 0. The summed E-state index contributed by atoms with van der Waals surface area (Å²) in [5.74, 6) is 0.311. The average Bonchev–Trinajstić information content (AvgIpc) is 3.51. The normalized spacial score (nSPS) is 13.4. The molecule has 8 nitrogen and oxygen atoms in total. The Morgan fingerprint density at radius 2 is 2.00 bits per heavy atom. The first-order valence-electron chi connectivity index (χ1n) is 9.07. The minimum absolute atomic E-state index is 0.0674. The van der Waals surface area contributed by atoms with E-state index < -0.39 is 4.92 Å². The molecule has 1 heterocycles. The maximum absolute atomic E-state index is 12.8. The molecule has 0 radical (unpaired) electrons. The Hall–Kier alpha value is -3.55. The van der Waals surface area contributed by atoms with Crippen molar-refractivity contribution in [2.75, 3.05) is 5.32 Å². The molecule has 0 atom stereocenters. The maximum Gasteiger partial charge on any atom is 0.271 e. The Kier molecular flexibility index (Phi) is 4.60. The molecule has 4 rings (SSSR count). The molecule has 1 saturated carbocycles. The fraction of sp³-hybridized carbons (Fsp3) is 0.250. The number of benzene rings is 2. The summed E-state index contributed by atoms with van der Waals surface area (Å²) in [6, 6.07) is 13.1. The van der Waals surface area contributed by atoms with Crippen LogP contribution in [0.1, 0.15) is 31.1 Å². The van der Waals surface area contributed by atoms with Crippen molar-refractivity contribution in [1.82, 2.24) is 9.55 Å². The predicted molar refractivity (Wildman–Crippen MR) is 104 cm³/mol. The lowest BCUT2D eigenvalue weighted by molar-refractivity contribution is -0.384. The van der Waals surface area contributed by atoms with Gasteiger partial charge in [-0.1, -0.05) is 18.2 Å². The third-order valence-electron chi connectivity index (χ3n) is 4.71. The van der Waals surface area contributed by atoms with Crippen molar-refractivity contribution in [3.63, 3.8) is 0 Å². The summed E-state index contributed by atoms with van der Waals surface area (Å²) in [4.78, 5) is 40.1. The summed E-state index contributed by atoms with van der Waals surface area (Å²) in [6.07, 6.45) is 2.32. The molecular weight excluding hydrogens is 360 g/mol. The molecule has 1 fully saturated rings. The number of nitrogens with one attached hydrogen (secondary N) is 1. The smallest absolute Gasteiger partial charge is 0.271 e. The average molecular weight is 378 g/mol. The number of non-ortho nitro benzene ring substituents is 1. The number of nitro benzene ring substituents is 1. The van der Waals surface area contributed by atoms with Crippen LogP contribution in [0.3, 0.4) is 0 Å². The number of hydrogen-bond donors (Lipinski definition) is 1. The number of nitro groups is 1. The Balaban J connectivity index is 1.53. The third-order valence-corrected chi connectivity index (χ3v) is 4.71. The van der Waals surface area contributed by atoms with Crippen molar-refractivity contribution in [1.29, 1.82) is 0 Å². The zero-order valence-corrected chi connectivity index (χ0v) is 15.0. The fourth-order valence-corrected chi connectivity index (χ4v) is 3.22. The van der Waals surface area contributed by atoms with E-state index >= 15 is 0 Å². The number of anilines is 1. The molecule has 3 aromatic rings. The number of carbonyl (C=O) groups excluding carboxylic acids is 1. The Bertz CT molecular complexity index is 1130. The van der Waals surface area contributed by atoms with Gasteiger partial charge in [0.05, 0.1) is 15.8 Å². The lowest BCUT2D eigenvalue weighted by Gasteiger charge is -2.13. The number of amides is 1. The van der Waals surface area contributed by atoms with Gasteiger partial charge in [0.1, 0.15) is 5.82 Å². The number of nitrogens with zero attached hydrogens (tertiary/aromatic N) is 3. The van der Waals surface area contributed by atoms with Crippen LogP contribution in [0.5, 0.6) is 0 Å². The number of hydrogen-bond acceptors (Lipinski definition) is 5. The van der Waals surface area contributed by atoms with Crippen LogP contribution >= 0.6 is 0 Å². The van der Waals surface area contributed by atoms with Gasteiger partial charge >= 0.3 is 0 Å². The standard InChI is InChI=1S/C20H18N4O4/c25-19(21-13-4-3-5-15(12-13)24(27)28)11-10-18-22-17-7-2-1-6-16(17)20(26)23(18)14-8-9-14/h1-7,12,14H,8-11H2,(H,21,25). The summed E-state index contributed by atoms with van der Waals surface area (Å²) in [7, 11) is 0. The predicted octanol–water partition coefficient (Wildman–Crippen LogP) is 3.21. The minimum Gasteiger partial charge on any atom is -0.326 e. The third kappa shape index (κ3) is 3.62. The van der Waals surface area contributed by atoms with Gasteiger partial charge in [-0.25, -0.2) is 4.98 Å². The van der Waals surface area contributed by atoms with Gasteiger partial charge in [-0.2, -0.15) is 0 Å². The van der Waals surface area contributed by atoms with Crippen molar-refractivity contribution in [2.45, 2.75) is 31.7 Å². The highest BCUT2D eigenvalue weighted by atomic mass is 16.6. The molecule has 8 heteroatoms. The van der Waals surface area contributed by atoms with Gasteiger partial charge in [-0.3, -0.25) is 24.3 Å². The highest BCUT2D eigenvalue weighted by Gasteiger charge is 2.28. The maximum atomic E-state index is 12.8. The molecule has 0 bridgehead atoms. The van der Waals surface area contributed by atoms with E-state index in [1.54, 1.807) is 22.8 Å². The highest BCUT2D eigenvalue weighted by Crippen LogP contribution is 2.35. The first-order valence-corrected chi connectivity index (χ1v) is 9.07. The molecule has 1 N–H and O–H groups in total. The van der Waals surface area contributed by atoms with Gasteiger partial charge in [0.25, 0.3) is 11.2 Å². The van der Waals surface area contributed by atoms with Gasteiger partial charge in [0.15, 0.2) is 0 Å². The van der Waals surface area contributed by atoms with Crippen LogP contribution in [0.15, 0.2) is 53.3 Å². The van der Waals surface area contributed by atoms with E-state index in [9.17, 15) is 19.7 Å². The number of para-hydroxylation sites is 1. The summed E-state index contributed by atoms with van der Waals surface area (Å²) >= 11 is 0. The zero-order valence-electron chi connectivity index (χ0n) is 15.0. The van der Waals surface area contributed by atoms with Crippen LogP contribution < -0.4 is 10.9 Å². The molecule has 1 amide bonds. The van der Waals surface area contributed by atoms with Crippen LogP contribution in [0, 0.1) is 10.1 Å². The lowest BCUT2D eigenvalue weighted by atomic mass is 10.2. The molecule has 1 aliphatic rings. The van der Waals surface area contributed by atoms with Gasteiger partial charge in [0.2, 0.25) is 5.91 Å². The van der Waals surface area contributed by atoms with E-state index in [-0.39, 0.29) is 29.6 Å². The van der Waals surface area contributed by atoms with Gasteiger partial charge < -0.3 is 5.32 Å². The van der Waals surface area contributed by atoms with E-state index in [0.29, 0.717) is 28.8 Å². The largest absolute Gasteiger partial charge is 0.326 e. The minimum atomic E-state index is -0.511. The second-order valence-electron chi connectivity index (χ2n) is 6.81. The molecule has 142 valence electrons. The van der Waals surface area contributed by atoms with Crippen molar-refractivity contribution in [3.8, 4) is 0 Å². The quantitative estimate of drug-likeness (QED) is 0.523. The van der Waals surface area contributed by atoms with Crippen LogP contribution in [-0.4, -0.2) is 20.4 Å². The summed E-state index contributed by atoms with van der Waals surface area (Å²) in [5.41, 5.74) is 0.836. The van der Waals surface area contributed by atoms with E-state index in [4.69, 9.17) is 0 Å². The first kappa shape index (κ1) is 17.8. The van der Waals surface area contributed by atoms with Crippen LogP contribution in [0.2, 0.25) is 0 Å². The Morgan fingerprint density at radius 3 is 2.75 bits per heavy atom. The van der Waals surface area contributed by atoms with Crippen LogP contribution in [0.25, 0.3) is 10.9 Å². The SMILES string of the molecule is O=C(CCc1nc2ccccc2c(=O)n1C1CC1)Nc1cccc([N+](=O)[O-])c1. The second-order valence-corrected chi connectivity index (χ2v) is 6.81. The Morgan fingerprint density at radius 1 is 1.21 bits per heavy atom. The summed E-state index contributed by atoms with van der Waals surface area (Å²) in [5, 5.41) is 14.1. The van der Waals surface area contributed by atoms with E-state index in [0.717, 1.165) is 12.8 Å². The van der Waals surface area contributed by atoms with Gasteiger partial charge in [-0.05, 0) is 31.0 Å². The molecule has 0 saturated heterocycles. The van der Waals surface area contributed by atoms with Crippen LogP contribution in [0.4, 0.5) is 11.4 Å². The van der Waals surface area contributed by atoms with E-state index in [1.165, 1.54) is 18.2 Å². The Labute approximate surface area is 160 Å². The van der Waals surface area contributed by atoms with Crippen molar-refractivity contribution < 1.29 is 9.72 Å². The first-order chi connectivity index (χ1) is 13.5. The van der Waals surface area contributed by atoms with E-state index in [2.05, 4.69) is 10.3 Å². The molecule has 0 unspecified atom stereocenters.